The van der Waals surface area contributed by atoms with Crippen LogP contribution >= 0.6 is 0 Å². The zero-order valence-corrected chi connectivity index (χ0v) is 8.03. The van der Waals surface area contributed by atoms with Crippen molar-refractivity contribution in [2.24, 2.45) is 0 Å². The van der Waals surface area contributed by atoms with Gasteiger partial charge >= 0.3 is 0 Å². The van der Waals surface area contributed by atoms with Crippen LogP contribution in [0.1, 0.15) is 13.8 Å². The summed E-state index contributed by atoms with van der Waals surface area (Å²) in [5.74, 6) is 0. The maximum absolute atomic E-state index is 4.83. The van der Waals surface area contributed by atoms with Crippen molar-refractivity contribution in [3.8, 4) is 0 Å². The maximum Gasteiger partial charge on any atom is 0.0326 e. The van der Waals surface area contributed by atoms with Crippen LogP contribution in [0.3, 0.4) is 0 Å². The zero-order chi connectivity index (χ0) is 5.21. The number of ether oxygens (including phenoxy) is 1. The first kappa shape index (κ1) is 10.9. The zero-order valence-electron chi connectivity index (χ0n) is 5.19. The van der Waals surface area contributed by atoms with Crippen LogP contribution < -0.4 is 0 Å². The van der Waals surface area contributed by atoms with Crippen LogP contribution in [0.2, 0.25) is 0 Å². The standard InChI is InChI=1S/C5H11O.Y/c1-5(2,3)6-4;/h1H2,2-4H3;/q-1;. The third-order valence-electron chi connectivity index (χ3n) is 0.553. The van der Waals surface area contributed by atoms with Crippen LogP contribution in [0.4, 0.5) is 0 Å². The van der Waals surface area contributed by atoms with E-state index in [1.165, 1.54) is 0 Å². The smallest absolute Gasteiger partial charge is 0.0326 e. The van der Waals surface area contributed by atoms with Crippen molar-refractivity contribution in [3.63, 3.8) is 0 Å². The van der Waals surface area contributed by atoms with E-state index in [1.54, 1.807) is 7.11 Å². The summed E-state index contributed by atoms with van der Waals surface area (Å²) in [6, 6.07) is 0. The number of methoxy groups -OCH3 is 1. The van der Waals surface area contributed by atoms with Crippen molar-refractivity contribution in [2.45, 2.75) is 19.4 Å². The summed E-state index contributed by atoms with van der Waals surface area (Å²) in [6.07, 6.45) is 0. The first-order chi connectivity index (χ1) is 2.56. The van der Waals surface area contributed by atoms with Gasteiger partial charge in [-0.3, -0.25) is 0 Å². The fourth-order valence-corrected chi connectivity index (χ4v) is 0. The van der Waals surface area contributed by atoms with Crippen molar-refractivity contribution in [3.05, 3.63) is 6.92 Å². The van der Waals surface area contributed by atoms with E-state index in [-0.39, 0.29) is 38.3 Å². The van der Waals surface area contributed by atoms with Gasteiger partial charge < -0.3 is 11.7 Å². The second-order valence-electron chi connectivity index (χ2n) is 1.96. The average Bonchev–Trinajstić information content (AvgIpc) is 1.35. The first-order valence-corrected chi connectivity index (χ1v) is 1.97. The Hall–Kier alpha value is 1.06. The summed E-state index contributed by atoms with van der Waals surface area (Å²) in [6.45, 7) is 7.49. The minimum absolute atomic E-state index is 0. The molecule has 0 saturated carbocycles. The third-order valence-corrected chi connectivity index (χ3v) is 0.553. The number of rotatable bonds is 1. The Labute approximate surface area is 70.7 Å². The van der Waals surface area contributed by atoms with E-state index in [9.17, 15) is 0 Å². The maximum atomic E-state index is 4.83. The Bertz CT molecular complexity index is 37.8. The van der Waals surface area contributed by atoms with Gasteiger partial charge in [-0.2, -0.15) is 0 Å². The summed E-state index contributed by atoms with van der Waals surface area (Å²) in [5.41, 5.74) is -0.208. The Balaban J connectivity index is 0. The van der Waals surface area contributed by atoms with E-state index in [2.05, 4.69) is 6.92 Å². The van der Waals surface area contributed by atoms with Crippen LogP contribution in [-0.2, 0) is 37.4 Å². The van der Waals surface area contributed by atoms with Crippen molar-refractivity contribution in [1.29, 1.82) is 0 Å². The quantitative estimate of drug-likeness (QED) is 0.546. The van der Waals surface area contributed by atoms with E-state index in [1.807, 2.05) is 13.8 Å². The Morgan fingerprint density at radius 3 is 1.57 bits per heavy atom. The molecule has 0 saturated heterocycles. The molecule has 0 aliphatic carbocycles. The van der Waals surface area contributed by atoms with Crippen molar-refractivity contribution >= 4 is 0 Å². The minimum Gasteiger partial charge on any atom is -0.411 e. The predicted octanol–water partition coefficient (Wildman–Crippen LogP) is 1.24. The van der Waals surface area contributed by atoms with Crippen LogP contribution in [-0.4, -0.2) is 12.7 Å². The molecular weight excluding hydrogens is 165 g/mol. The molecule has 0 amide bonds. The van der Waals surface area contributed by atoms with Gasteiger partial charge in [0.05, 0.1) is 0 Å². The molecule has 2 heteroatoms. The van der Waals surface area contributed by atoms with Crippen molar-refractivity contribution < 1.29 is 37.4 Å². The van der Waals surface area contributed by atoms with E-state index in [0.29, 0.717) is 0 Å². The van der Waals surface area contributed by atoms with E-state index in [0.717, 1.165) is 0 Å². The Morgan fingerprint density at radius 2 is 1.57 bits per heavy atom. The summed E-state index contributed by atoms with van der Waals surface area (Å²) in [5, 5.41) is 0. The molecule has 0 atom stereocenters. The molecule has 0 heterocycles. The minimum atomic E-state index is -0.208. The van der Waals surface area contributed by atoms with Crippen molar-refractivity contribution in [1.82, 2.24) is 0 Å². The molecule has 0 bridgehead atoms. The fraction of sp³-hybridized carbons (Fsp3) is 0.800. The normalized spacial score (nSPS) is 10.3. The summed E-state index contributed by atoms with van der Waals surface area (Å²) in [4.78, 5) is 0. The van der Waals surface area contributed by atoms with Crippen LogP contribution in [0, 0.1) is 6.92 Å². The molecule has 41 valence electrons. The molecule has 0 aliphatic rings. The summed E-state index contributed by atoms with van der Waals surface area (Å²) >= 11 is 0. The summed E-state index contributed by atoms with van der Waals surface area (Å²) < 4.78 is 4.83. The molecule has 1 radical (unpaired) electrons. The molecule has 0 aliphatic heterocycles. The van der Waals surface area contributed by atoms with Gasteiger partial charge in [0, 0.05) is 39.8 Å². The van der Waals surface area contributed by atoms with Crippen LogP contribution in [0.25, 0.3) is 0 Å². The van der Waals surface area contributed by atoms with Crippen molar-refractivity contribution in [2.75, 3.05) is 7.11 Å². The van der Waals surface area contributed by atoms with Crippen LogP contribution in [0.15, 0.2) is 0 Å². The van der Waals surface area contributed by atoms with Gasteiger partial charge in [0.25, 0.3) is 0 Å². The Kier molecular flexibility index (Phi) is 6.24. The summed E-state index contributed by atoms with van der Waals surface area (Å²) in [7, 11) is 1.65. The van der Waals surface area contributed by atoms with Gasteiger partial charge in [-0.1, -0.05) is 19.4 Å². The van der Waals surface area contributed by atoms with Gasteiger partial charge in [0.1, 0.15) is 0 Å². The van der Waals surface area contributed by atoms with Gasteiger partial charge in [0.2, 0.25) is 0 Å². The van der Waals surface area contributed by atoms with Gasteiger partial charge in [-0.05, 0) is 0 Å². The molecule has 1 nitrogen and oxygen atoms in total. The SMILES string of the molecule is [CH2-]C(C)(C)OC.[Y]. The molecule has 7 heavy (non-hydrogen) atoms. The molecule has 0 unspecified atom stereocenters. The average molecular weight is 176 g/mol. The molecular formula is C5H11OY-. The topological polar surface area (TPSA) is 9.23 Å². The molecule has 0 aromatic rings. The molecule has 0 fully saturated rings. The fourth-order valence-electron chi connectivity index (χ4n) is 0. The van der Waals surface area contributed by atoms with Gasteiger partial charge in [-0.15, -0.1) is 0 Å². The predicted molar refractivity (Wildman–Crippen MR) is 26.4 cm³/mol. The molecule has 0 N–H and O–H groups in total. The van der Waals surface area contributed by atoms with E-state index >= 15 is 0 Å². The van der Waals surface area contributed by atoms with Crippen LogP contribution in [0.5, 0.6) is 0 Å². The number of hydrogen-bond acceptors (Lipinski definition) is 1. The van der Waals surface area contributed by atoms with Gasteiger partial charge in [0.15, 0.2) is 0 Å². The first-order valence-electron chi connectivity index (χ1n) is 1.97. The molecule has 0 aromatic carbocycles. The molecule has 0 aromatic heterocycles. The molecule has 0 rings (SSSR count). The van der Waals surface area contributed by atoms with Gasteiger partial charge in [-0.25, -0.2) is 0 Å². The monoisotopic (exact) mass is 176 g/mol. The second-order valence-corrected chi connectivity index (χ2v) is 1.96. The second kappa shape index (κ2) is 3.99. The molecule has 0 spiro atoms. The third kappa shape index (κ3) is 11.0. The van der Waals surface area contributed by atoms with E-state index in [4.69, 9.17) is 4.74 Å². The van der Waals surface area contributed by atoms with E-state index < -0.39 is 0 Å². The Morgan fingerprint density at radius 1 is 1.43 bits per heavy atom. The largest absolute Gasteiger partial charge is 0.411 e. The number of hydrogen-bond donors (Lipinski definition) is 0.